The third kappa shape index (κ3) is 1.03. The molecule has 4 nitrogen and oxygen atoms in total. The third-order valence-corrected chi connectivity index (χ3v) is 1.81. The van der Waals surface area contributed by atoms with E-state index in [0.717, 1.165) is 0 Å². The Morgan fingerprint density at radius 1 is 1.31 bits per heavy atom. The van der Waals surface area contributed by atoms with Crippen LogP contribution in [0.4, 0.5) is 0 Å². The predicted molar refractivity (Wildman–Crippen MR) is 44.8 cm³/mol. The Kier molecular flexibility index (Phi) is 1.48. The molecule has 2 rings (SSSR count). The van der Waals surface area contributed by atoms with Crippen LogP contribution in [0.2, 0.25) is 0 Å². The van der Waals surface area contributed by atoms with Crippen LogP contribution in [0.1, 0.15) is 10.4 Å². The minimum atomic E-state index is -1.20. The summed E-state index contributed by atoms with van der Waals surface area (Å²) in [5.41, 5.74) is 0.00926. The summed E-state index contributed by atoms with van der Waals surface area (Å²) in [6, 6.07) is 4.57. The molecule has 0 saturated carbocycles. The minimum Gasteiger partial charge on any atom is -0.507 e. The lowest BCUT2D eigenvalue weighted by Gasteiger charge is -1.98. The molecule has 0 radical (unpaired) electrons. The molecule has 0 saturated heterocycles. The van der Waals surface area contributed by atoms with Crippen LogP contribution < -0.4 is 0 Å². The fraction of sp³-hybridized carbons (Fsp3) is 0. The second-order valence-electron chi connectivity index (χ2n) is 2.60. The van der Waals surface area contributed by atoms with Gasteiger partial charge in [0, 0.05) is 5.39 Å². The summed E-state index contributed by atoms with van der Waals surface area (Å²) >= 11 is 0. The Labute approximate surface area is 73.0 Å². The summed E-state index contributed by atoms with van der Waals surface area (Å²) in [7, 11) is 0. The highest BCUT2D eigenvalue weighted by Crippen LogP contribution is 2.27. The maximum Gasteiger partial charge on any atom is 0.343 e. The summed E-state index contributed by atoms with van der Waals surface area (Å²) in [6.45, 7) is 0. The van der Waals surface area contributed by atoms with Gasteiger partial charge in [-0.1, -0.05) is 0 Å². The van der Waals surface area contributed by atoms with Crippen molar-refractivity contribution in [3.63, 3.8) is 0 Å². The molecule has 0 bridgehead atoms. The number of carboxylic acids is 1. The van der Waals surface area contributed by atoms with E-state index in [2.05, 4.69) is 0 Å². The van der Waals surface area contributed by atoms with Crippen LogP contribution in [0.15, 0.2) is 28.9 Å². The molecule has 0 atom stereocenters. The Balaban J connectivity index is 2.88. The number of hydrogen-bond donors (Lipinski definition) is 2. The second-order valence-corrected chi connectivity index (χ2v) is 2.60. The standard InChI is InChI=1S/C9H6O4/c10-6-2-1-5-3-4-13-8(5)7(6)9(11)12/h1-4,10H,(H,11,12). The number of aromatic carboxylic acids is 1. The molecule has 0 aliphatic rings. The van der Waals surface area contributed by atoms with Crippen molar-refractivity contribution in [1.82, 2.24) is 0 Å². The van der Waals surface area contributed by atoms with Gasteiger partial charge in [-0.25, -0.2) is 4.79 Å². The van der Waals surface area contributed by atoms with Gasteiger partial charge in [0.15, 0.2) is 5.58 Å². The van der Waals surface area contributed by atoms with Gasteiger partial charge in [0.1, 0.15) is 11.3 Å². The molecule has 0 aliphatic carbocycles. The largest absolute Gasteiger partial charge is 0.507 e. The Morgan fingerprint density at radius 3 is 2.77 bits per heavy atom. The fourth-order valence-corrected chi connectivity index (χ4v) is 1.23. The fourth-order valence-electron chi connectivity index (χ4n) is 1.23. The van der Waals surface area contributed by atoms with E-state index in [-0.39, 0.29) is 16.9 Å². The van der Waals surface area contributed by atoms with E-state index in [9.17, 15) is 9.90 Å². The lowest BCUT2D eigenvalue weighted by molar-refractivity contribution is 0.0695. The third-order valence-electron chi connectivity index (χ3n) is 1.81. The molecule has 66 valence electrons. The van der Waals surface area contributed by atoms with Crippen LogP contribution in [-0.2, 0) is 0 Å². The molecule has 0 unspecified atom stereocenters. The highest BCUT2D eigenvalue weighted by Gasteiger charge is 2.16. The van der Waals surface area contributed by atoms with E-state index < -0.39 is 5.97 Å². The highest BCUT2D eigenvalue weighted by molar-refractivity contribution is 6.03. The maximum atomic E-state index is 10.7. The first-order valence-electron chi connectivity index (χ1n) is 3.62. The smallest absolute Gasteiger partial charge is 0.343 e. The molecule has 2 N–H and O–H groups in total. The van der Waals surface area contributed by atoms with Crippen molar-refractivity contribution in [3.8, 4) is 5.75 Å². The maximum absolute atomic E-state index is 10.7. The van der Waals surface area contributed by atoms with Crippen molar-refractivity contribution in [2.75, 3.05) is 0 Å². The normalized spacial score (nSPS) is 10.5. The van der Waals surface area contributed by atoms with E-state index in [4.69, 9.17) is 9.52 Å². The Morgan fingerprint density at radius 2 is 2.08 bits per heavy atom. The van der Waals surface area contributed by atoms with Crippen LogP contribution >= 0.6 is 0 Å². The number of hydrogen-bond acceptors (Lipinski definition) is 3. The molecule has 13 heavy (non-hydrogen) atoms. The number of fused-ring (bicyclic) bond motifs is 1. The first kappa shape index (κ1) is 7.67. The Bertz CT molecular complexity index is 469. The SMILES string of the molecule is O=C(O)c1c(O)ccc2ccoc12. The number of rotatable bonds is 1. The molecule has 2 aromatic rings. The number of benzene rings is 1. The highest BCUT2D eigenvalue weighted by atomic mass is 16.4. The first-order valence-corrected chi connectivity index (χ1v) is 3.62. The summed E-state index contributed by atoms with van der Waals surface area (Å²) < 4.78 is 4.95. The molecule has 1 heterocycles. The van der Waals surface area contributed by atoms with Gasteiger partial charge in [-0.05, 0) is 18.2 Å². The first-order chi connectivity index (χ1) is 6.20. The Hall–Kier alpha value is -1.97. The van der Waals surface area contributed by atoms with Crippen LogP contribution in [0.3, 0.4) is 0 Å². The van der Waals surface area contributed by atoms with E-state index in [1.165, 1.54) is 12.3 Å². The molecule has 0 fully saturated rings. The molecule has 1 aromatic heterocycles. The van der Waals surface area contributed by atoms with Crippen LogP contribution in [0, 0.1) is 0 Å². The molecule has 0 aliphatic heterocycles. The van der Waals surface area contributed by atoms with Gasteiger partial charge < -0.3 is 14.6 Å². The molecule has 0 amide bonds. The van der Waals surface area contributed by atoms with Gasteiger partial charge in [-0.3, -0.25) is 0 Å². The molecule has 0 spiro atoms. The van der Waals surface area contributed by atoms with Gasteiger partial charge in [0.25, 0.3) is 0 Å². The van der Waals surface area contributed by atoms with Crippen LogP contribution in [-0.4, -0.2) is 16.2 Å². The van der Waals surface area contributed by atoms with Crippen molar-refractivity contribution in [2.45, 2.75) is 0 Å². The zero-order valence-electron chi connectivity index (χ0n) is 6.52. The summed E-state index contributed by atoms with van der Waals surface area (Å²) in [6.07, 6.45) is 1.39. The van der Waals surface area contributed by atoms with Gasteiger partial charge in [-0.15, -0.1) is 0 Å². The van der Waals surface area contributed by atoms with E-state index in [1.807, 2.05) is 0 Å². The number of aromatic hydroxyl groups is 1. The predicted octanol–water partition coefficient (Wildman–Crippen LogP) is 1.84. The van der Waals surface area contributed by atoms with Gasteiger partial charge in [0.05, 0.1) is 6.26 Å². The van der Waals surface area contributed by atoms with E-state index in [0.29, 0.717) is 5.39 Å². The van der Waals surface area contributed by atoms with Gasteiger partial charge in [0.2, 0.25) is 0 Å². The second kappa shape index (κ2) is 2.52. The molecular weight excluding hydrogens is 172 g/mol. The lowest BCUT2D eigenvalue weighted by Crippen LogP contribution is -1.96. The molecular formula is C9H6O4. The minimum absolute atomic E-state index is 0.192. The van der Waals surface area contributed by atoms with Gasteiger partial charge >= 0.3 is 5.97 Å². The molecule has 4 heteroatoms. The van der Waals surface area contributed by atoms with Crippen molar-refractivity contribution < 1.29 is 19.4 Å². The topological polar surface area (TPSA) is 70.7 Å². The summed E-state index contributed by atoms with van der Waals surface area (Å²) in [5.74, 6) is -1.48. The van der Waals surface area contributed by atoms with Crippen molar-refractivity contribution in [3.05, 3.63) is 30.0 Å². The number of phenols is 1. The van der Waals surface area contributed by atoms with Crippen LogP contribution in [0.5, 0.6) is 5.75 Å². The van der Waals surface area contributed by atoms with Crippen molar-refractivity contribution in [2.24, 2.45) is 0 Å². The van der Waals surface area contributed by atoms with E-state index >= 15 is 0 Å². The quantitative estimate of drug-likeness (QED) is 0.698. The zero-order chi connectivity index (χ0) is 9.42. The lowest BCUT2D eigenvalue weighted by atomic mass is 10.1. The number of furan rings is 1. The average Bonchev–Trinajstić information content (AvgIpc) is 2.50. The van der Waals surface area contributed by atoms with Crippen molar-refractivity contribution >= 4 is 16.9 Å². The van der Waals surface area contributed by atoms with Gasteiger partial charge in [-0.2, -0.15) is 0 Å². The summed E-state index contributed by atoms with van der Waals surface area (Å²) in [4.78, 5) is 10.7. The van der Waals surface area contributed by atoms with Crippen molar-refractivity contribution in [1.29, 1.82) is 0 Å². The monoisotopic (exact) mass is 178 g/mol. The average molecular weight is 178 g/mol. The zero-order valence-corrected chi connectivity index (χ0v) is 6.52. The summed E-state index contributed by atoms with van der Waals surface area (Å²) in [5, 5.41) is 18.7. The van der Waals surface area contributed by atoms with E-state index in [1.54, 1.807) is 12.1 Å². The molecule has 1 aromatic carbocycles. The van der Waals surface area contributed by atoms with Crippen LogP contribution in [0.25, 0.3) is 11.0 Å². The number of carboxylic acid groups (broad SMARTS) is 1. The number of carbonyl (C=O) groups is 1.